The maximum Gasteiger partial charge on any atom is -0.0000330 e. The summed E-state index contributed by atoms with van der Waals surface area (Å²) in [4.78, 5) is 2.38. The molecule has 0 aliphatic carbocycles. The van der Waals surface area contributed by atoms with Crippen molar-refractivity contribution in [3.63, 3.8) is 0 Å². The summed E-state index contributed by atoms with van der Waals surface area (Å²) < 4.78 is 0. The summed E-state index contributed by atoms with van der Waals surface area (Å²) in [6.45, 7) is 12.0. The summed E-state index contributed by atoms with van der Waals surface area (Å²) in [5.41, 5.74) is 1.47. The molecule has 0 heterocycles. The van der Waals surface area contributed by atoms with Crippen LogP contribution in [0.5, 0.6) is 0 Å². The number of nitrogens with zero attached hydrogens (tertiary/aromatic N) is 1. The van der Waals surface area contributed by atoms with Gasteiger partial charge in [-0.15, -0.1) is 0 Å². The topological polar surface area (TPSA) is 3.24 Å². The molecule has 0 atom stereocenters. The molecule has 0 rings (SSSR count). The molecule has 0 N–H and O–H groups in total. The van der Waals surface area contributed by atoms with Gasteiger partial charge in [0.05, 0.1) is 0 Å². The third-order valence-electron chi connectivity index (χ3n) is 1.47. The second kappa shape index (κ2) is 12.6. The zero-order chi connectivity index (χ0) is 9.11. The predicted molar refractivity (Wildman–Crippen MR) is 54.1 cm³/mol. The normalized spacial score (nSPS) is 10.0. The lowest BCUT2D eigenvalue weighted by molar-refractivity contribution is 0.321. The highest BCUT2D eigenvalue weighted by atomic mass is 35.5. The van der Waals surface area contributed by atoms with Crippen LogP contribution in [0.1, 0.15) is 27.7 Å². The van der Waals surface area contributed by atoms with Crippen molar-refractivity contribution in [3.05, 3.63) is 11.6 Å². The zero-order valence-corrected chi connectivity index (χ0v) is 8.86. The van der Waals surface area contributed by atoms with E-state index in [-0.39, 0.29) is 0 Å². The maximum atomic E-state index is 5.01. The Hall–Kier alpha value is -0.0100. The second-order valence-corrected chi connectivity index (χ2v) is 2.33. The van der Waals surface area contributed by atoms with Crippen molar-refractivity contribution in [1.82, 2.24) is 4.90 Å². The van der Waals surface area contributed by atoms with E-state index in [0.717, 1.165) is 0 Å². The molecule has 2 heteroatoms. The van der Waals surface area contributed by atoms with E-state index in [1.807, 2.05) is 6.92 Å². The van der Waals surface area contributed by atoms with Gasteiger partial charge in [0.2, 0.25) is 0 Å². The lowest BCUT2D eigenvalue weighted by atomic mass is 10.5. The first kappa shape index (κ1) is 13.6. The van der Waals surface area contributed by atoms with Crippen LogP contribution < -0.4 is 0 Å². The molecule has 11 heavy (non-hydrogen) atoms. The molecule has 0 aromatic rings. The van der Waals surface area contributed by atoms with Crippen molar-refractivity contribution in [1.29, 1.82) is 0 Å². The van der Waals surface area contributed by atoms with Gasteiger partial charge in [-0.25, -0.2) is 0 Å². The van der Waals surface area contributed by atoms with E-state index in [9.17, 15) is 0 Å². The Morgan fingerprint density at radius 1 is 1.09 bits per heavy atom. The number of hydrogen-bond acceptors (Lipinski definition) is 1. The largest absolute Gasteiger partial charge is 0.304 e. The molecule has 0 saturated heterocycles. The van der Waals surface area contributed by atoms with Gasteiger partial charge in [0.1, 0.15) is 0 Å². The van der Waals surface area contributed by atoms with Gasteiger partial charge < -0.3 is 4.90 Å². The molecule has 0 aliphatic heterocycles. The minimum Gasteiger partial charge on any atom is -0.304 e. The fourth-order valence-corrected chi connectivity index (χ4v) is 0.671. The second-order valence-electron chi connectivity index (χ2n) is 2.08. The average Bonchev–Trinajstić information content (AvgIpc) is 2.08. The molecule has 0 bridgehead atoms. The van der Waals surface area contributed by atoms with Gasteiger partial charge in [-0.2, -0.15) is 0 Å². The Balaban J connectivity index is 0. The van der Waals surface area contributed by atoms with Gasteiger partial charge in [0.15, 0.2) is 0 Å². The minimum absolute atomic E-state index is 1.19. The van der Waals surface area contributed by atoms with E-state index in [1.54, 1.807) is 6.08 Å². The van der Waals surface area contributed by atoms with Gasteiger partial charge in [-0.05, 0) is 32.1 Å². The molecule has 0 amide bonds. The van der Waals surface area contributed by atoms with Gasteiger partial charge in [0.25, 0.3) is 0 Å². The first-order chi connectivity index (χ1) is 5.26. The van der Waals surface area contributed by atoms with Gasteiger partial charge in [-0.1, -0.05) is 38.4 Å². The van der Waals surface area contributed by atoms with Crippen LogP contribution in [0.2, 0.25) is 0 Å². The first-order valence-corrected chi connectivity index (χ1v) is 4.64. The molecule has 68 valence electrons. The fraction of sp³-hybridized carbons (Fsp3) is 0.778. The maximum absolute atomic E-state index is 5.01. The van der Waals surface area contributed by atoms with Gasteiger partial charge >= 0.3 is 0 Å². The van der Waals surface area contributed by atoms with Crippen molar-refractivity contribution < 1.29 is 0 Å². The monoisotopic (exact) mass is 177 g/mol. The number of allylic oxidation sites excluding steroid dienone is 1. The lowest BCUT2D eigenvalue weighted by Crippen LogP contribution is -2.21. The molecule has 1 nitrogen and oxygen atoms in total. The van der Waals surface area contributed by atoms with Crippen LogP contribution in [0.4, 0.5) is 0 Å². The first-order valence-electron chi connectivity index (χ1n) is 4.20. The molecule has 0 aromatic carbocycles. The third-order valence-corrected chi connectivity index (χ3v) is 1.72. The molecule has 0 aromatic heterocycles. The van der Waals surface area contributed by atoms with Crippen LogP contribution in [-0.2, 0) is 0 Å². The van der Waals surface area contributed by atoms with E-state index in [0.29, 0.717) is 0 Å². The van der Waals surface area contributed by atoms with Gasteiger partial charge in [0, 0.05) is 0 Å². The molecule has 0 unspecified atom stereocenters. The molecule has 0 spiro atoms. The molecular formula is C9H20ClN. The Morgan fingerprint density at radius 2 is 1.36 bits per heavy atom. The predicted octanol–water partition coefficient (Wildman–Crippen LogP) is 3.11. The molecule has 0 radical (unpaired) electrons. The summed E-state index contributed by atoms with van der Waals surface area (Å²) in [5.74, 6) is 0. The Morgan fingerprint density at radius 3 is 1.36 bits per heavy atom. The average molecular weight is 178 g/mol. The number of rotatable bonds is 3. The van der Waals surface area contributed by atoms with Crippen molar-refractivity contribution in [3.8, 4) is 0 Å². The SMILES string of the molecule is CC=CCl.CCN(CC)CC. The third kappa shape index (κ3) is 13.1. The standard InChI is InChI=1S/C6H15N.C3H5Cl/c1-4-7(5-2)6-3;1-2-3-4/h4-6H2,1-3H3;2-3H,1H3. The summed E-state index contributed by atoms with van der Waals surface area (Å²) in [7, 11) is 0. The van der Waals surface area contributed by atoms with Gasteiger partial charge in [-0.3, -0.25) is 0 Å². The Kier molecular flexibility index (Phi) is 15.6. The summed E-state index contributed by atoms with van der Waals surface area (Å²) in [6, 6.07) is 0. The van der Waals surface area contributed by atoms with Crippen molar-refractivity contribution in [2.45, 2.75) is 27.7 Å². The highest BCUT2D eigenvalue weighted by Crippen LogP contribution is 1.81. The highest BCUT2D eigenvalue weighted by Gasteiger charge is 1.89. The van der Waals surface area contributed by atoms with Crippen molar-refractivity contribution in [2.24, 2.45) is 0 Å². The van der Waals surface area contributed by atoms with Crippen LogP contribution in [-0.4, -0.2) is 24.5 Å². The molecule has 0 saturated carbocycles. The van der Waals surface area contributed by atoms with Crippen LogP contribution in [0, 0.1) is 0 Å². The van der Waals surface area contributed by atoms with E-state index in [1.165, 1.54) is 25.2 Å². The molecule has 0 aliphatic rings. The smallest absolute Gasteiger partial charge is 0.0000330 e. The van der Waals surface area contributed by atoms with E-state index >= 15 is 0 Å². The van der Waals surface area contributed by atoms with Crippen molar-refractivity contribution >= 4 is 11.6 Å². The van der Waals surface area contributed by atoms with Crippen LogP contribution in [0.3, 0.4) is 0 Å². The quantitative estimate of drug-likeness (QED) is 0.641. The summed E-state index contributed by atoms with van der Waals surface area (Å²) in [5, 5.41) is 0. The van der Waals surface area contributed by atoms with Crippen LogP contribution >= 0.6 is 11.6 Å². The number of hydrogen-bond donors (Lipinski definition) is 0. The van der Waals surface area contributed by atoms with E-state index in [2.05, 4.69) is 25.7 Å². The van der Waals surface area contributed by atoms with Crippen molar-refractivity contribution in [2.75, 3.05) is 19.6 Å². The Labute approximate surface area is 76.0 Å². The van der Waals surface area contributed by atoms with Crippen LogP contribution in [0.25, 0.3) is 0 Å². The minimum atomic E-state index is 1.19. The fourth-order valence-electron chi connectivity index (χ4n) is 0.671. The van der Waals surface area contributed by atoms with E-state index in [4.69, 9.17) is 11.6 Å². The van der Waals surface area contributed by atoms with Crippen LogP contribution in [0.15, 0.2) is 11.6 Å². The molecule has 0 fully saturated rings. The highest BCUT2D eigenvalue weighted by molar-refractivity contribution is 6.25. The van der Waals surface area contributed by atoms with E-state index < -0.39 is 0 Å². The Bertz CT molecular complexity index is 68.1. The molecular weight excluding hydrogens is 158 g/mol. The number of halogens is 1. The lowest BCUT2D eigenvalue weighted by Gasteiger charge is -2.13. The summed E-state index contributed by atoms with van der Waals surface area (Å²) >= 11 is 5.01. The zero-order valence-electron chi connectivity index (χ0n) is 8.10. The summed E-state index contributed by atoms with van der Waals surface area (Å²) in [6.07, 6.45) is 1.77.